The summed E-state index contributed by atoms with van der Waals surface area (Å²) in [4.78, 5) is 20.6. The number of amides is 1. The molecule has 1 amide bonds. The fourth-order valence-electron chi connectivity index (χ4n) is 2.54. The van der Waals surface area contributed by atoms with Crippen LogP contribution in [0.1, 0.15) is 43.6 Å². The number of carbonyl (C=O) groups is 1. The Morgan fingerprint density at radius 2 is 1.88 bits per heavy atom. The van der Waals surface area contributed by atoms with E-state index in [1.165, 1.54) is 17.3 Å². The Morgan fingerprint density at radius 1 is 1.20 bits per heavy atom. The van der Waals surface area contributed by atoms with Crippen LogP contribution in [0.4, 0.5) is 5.82 Å². The van der Waals surface area contributed by atoms with Crippen molar-refractivity contribution in [3.63, 3.8) is 0 Å². The van der Waals surface area contributed by atoms with Crippen LogP contribution in [0.3, 0.4) is 0 Å². The molecule has 1 unspecified atom stereocenters. The molecule has 0 aliphatic rings. The average Bonchev–Trinajstić information content (AvgIpc) is 2.52. The Morgan fingerprint density at radius 3 is 2.48 bits per heavy atom. The molecular formula is C19H26N4OS. The molecule has 1 aromatic carbocycles. The molecule has 1 atom stereocenters. The summed E-state index contributed by atoms with van der Waals surface area (Å²) in [5, 5.41) is 3.54. The van der Waals surface area contributed by atoms with E-state index in [2.05, 4.69) is 53.4 Å². The van der Waals surface area contributed by atoms with Gasteiger partial charge in [0.05, 0.1) is 11.8 Å². The van der Waals surface area contributed by atoms with E-state index < -0.39 is 0 Å². The van der Waals surface area contributed by atoms with Crippen LogP contribution in [0.2, 0.25) is 0 Å². The third-order valence-electron chi connectivity index (χ3n) is 3.69. The summed E-state index contributed by atoms with van der Waals surface area (Å²) in [5.41, 5.74) is 8.92. The first-order valence-electron chi connectivity index (χ1n) is 8.45. The standard InChI is InChI=1S/C19H26N4OS/c1-12(2)9-15-5-7-16(8-6-15)14(4)22-18(24)11-25-19-21-13(3)10-17(20)23-19/h5-8,10,12,14H,9,11H2,1-4H3,(H,22,24)(H2,20,21,23). The molecule has 134 valence electrons. The second kappa shape index (κ2) is 8.85. The Hall–Kier alpha value is -2.08. The minimum absolute atomic E-state index is 0.0373. The van der Waals surface area contributed by atoms with Crippen LogP contribution in [0, 0.1) is 12.8 Å². The maximum atomic E-state index is 12.2. The second-order valence-corrected chi connectivity index (χ2v) is 7.58. The van der Waals surface area contributed by atoms with Crippen molar-refractivity contribution in [3.05, 3.63) is 47.2 Å². The number of nitrogens with zero attached hydrogens (tertiary/aromatic N) is 2. The Labute approximate surface area is 153 Å². The number of rotatable bonds is 7. The molecule has 0 saturated heterocycles. The van der Waals surface area contributed by atoms with Gasteiger partial charge in [-0.05, 0) is 37.3 Å². The molecule has 1 heterocycles. The summed E-state index contributed by atoms with van der Waals surface area (Å²) < 4.78 is 0. The molecule has 6 heteroatoms. The molecule has 5 nitrogen and oxygen atoms in total. The Balaban J connectivity index is 1.87. The van der Waals surface area contributed by atoms with Crippen molar-refractivity contribution in [2.75, 3.05) is 11.5 Å². The van der Waals surface area contributed by atoms with Crippen molar-refractivity contribution in [2.24, 2.45) is 5.92 Å². The number of nitrogens with two attached hydrogens (primary N) is 1. The molecule has 0 spiro atoms. The predicted molar refractivity (Wildman–Crippen MR) is 103 cm³/mol. The van der Waals surface area contributed by atoms with Crippen LogP contribution < -0.4 is 11.1 Å². The van der Waals surface area contributed by atoms with Crippen molar-refractivity contribution in [1.82, 2.24) is 15.3 Å². The third kappa shape index (κ3) is 6.38. The van der Waals surface area contributed by atoms with Crippen molar-refractivity contribution in [3.8, 4) is 0 Å². The number of hydrogen-bond donors (Lipinski definition) is 2. The third-order valence-corrected chi connectivity index (χ3v) is 4.53. The highest BCUT2D eigenvalue weighted by atomic mass is 32.2. The fraction of sp³-hybridized carbons (Fsp3) is 0.421. The molecule has 25 heavy (non-hydrogen) atoms. The number of nitrogen functional groups attached to an aromatic ring is 1. The number of anilines is 1. The first-order valence-corrected chi connectivity index (χ1v) is 9.44. The second-order valence-electron chi connectivity index (χ2n) is 6.63. The number of aryl methyl sites for hydroxylation is 1. The van der Waals surface area contributed by atoms with E-state index in [-0.39, 0.29) is 17.7 Å². The highest BCUT2D eigenvalue weighted by molar-refractivity contribution is 7.99. The largest absolute Gasteiger partial charge is 0.384 e. The minimum Gasteiger partial charge on any atom is -0.384 e. The summed E-state index contributed by atoms with van der Waals surface area (Å²) in [5.74, 6) is 1.27. The van der Waals surface area contributed by atoms with Gasteiger partial charge in [-0.25, -0.2) is 9.97 Å². The summed E-state index contributed by atoms with van der Waals surface area (Å²) in [7, 11) is 0. The van der Waals surface area contributed by atoms with Crippen molar-refractivity contribution < 1.29 is 4.79 Å². The fourth-order valence-corrected chi connectivity index (χ4v) is 3.26. The maximum absolute atomic E-state index is 12.2. The number of aromatic nitrogens is 2. The van der Waals surface area contributed by atoms with Gasteiger partial charge in [-0.3, -0.25) is 4.79 Å². The molecule has 0 radical (unpaired) electrons. The Bertz CT molecular complexity index is 696. The molecule has 0 bridgehead atoms. The van der Waals surface area contributed by atoms with Crippen molar-refractivity contribution in [2.45, 2.75) is 45.3 Å². The number of nitrogens with one attached hydrogen (secondary N) is 1. The van der Waals surface area contributed by atoms with Crippen LogP contribution in [-0.4, -0.2) is 21.6 Å². The highest BCUT2D eigenvalue weighted by Crippen LogP contribution is 2.18. The van der Waals surface area contributed by atoms with Gasteiger partial charge in [0.15, 0.2) is 5.16 Å². The van der Waals surface area contributed by atoms with Gasteiger partial charge in [0.2, 0.25) is 5.91 Å². The normalized spacial score (nSPS) is 12.2. The predicted octanol–water partition coefficient (Wildman–Crippen LogP) is 3.54. The lowest BCUT2D eigenvalue weighted by Gasteiger charge is -2.15. The zero-order valence-electron chi connectivity index (χ0n) is 15.2. The van der Waals surface area contributed by atoms with E-state index in [0.717, 1.165) is 17.7 Å². The molecule has 0 aliphatic carbocycles. The van der Waals surface area contributed by atoms with Gasteiger partial charge >= 0.3 is 0 Å². The van der Waals surface area contributed by atoms with E-state index in [9.17, 15) is 4.79 Å². The van der Waals surface area contributed by atoms with Crippen LogP contribution >= 0.6 is 11.8 Å². The van der Waals surface area contributed by atoms with Gasteiger partial charge in [-0.1, -0.05) is 49.9 Å². The van der Waals surface area contributed by atoms with Crippen LogP contribution in [0.25, 0.3) is 0 Å². The van der Waals surface area contributed by atoms with Crippen LogP contribution in [0.5, 0.6) is 0 Å². The maximum Gasteiger partial charge on any atom is 0.230 e. The van der Waals surface area contributed by atoms with E-state index in [1.807, 2.05) is 13.8 Å². The molecule has 1 aromatic heterocycles. The highest BCUT2D eigenvalue weighted by Gasteiger charge is 2.11. The minimum atomic E-state index is -0.0487. The summed E-state index contributed by atoms with van der Waals surface area (Å²) in [6.07, 6.45) is 1.07. The van der Waals surface area contributed by atoms with Gasteiger partial charge in [-0.2, -0.15) is 0 Å². The van der Waals surface area contributed by atoms with Gasteiger partial charge in [0, 0.05) is 11.8 Å². The summed E-state index contributed by atoms with van der Waals surface area (Å²) in [6, 6.07) is 10.1. The van der Waals surface area contributed by atoms with Crippen LogP contribution in [0.15, 0.2) is 35.5 Å². The zero-order valence-corrected chi connectivity index (χ0v) is 16.1. The number of carbonyl (C=O) groups excluding carboxylic acids is 1. The van der Waals surface area contributed by atoms with Crippen molar-refractivity contribution >= 4 is 23.5 Å². The van der Waals surface area contributed by atoms with E-state index in [0.29, 0.717) is 16.9 Å². The molecule has 0 fully saturated rings. The molecule has 0 saturated carbocycles. The smallest absolute Gasteiger partial charge is 0.230 e. The summed E-state index contributed by atoms with van der Waals surface area (Å²) in [6.45, 7) is 8.26. The molecule has 0 aliphatic heterocycles. The average molecular weight is 359 g/mol. The first kappa shape index (κ1) is 19.2. The Kier molecular flexibility index (Phi) is 6.82. The number of hydrogen-bond acceptors (Lipinski definition) is 5. The van der Waals surface area contributed by atoms with E-state index in [1.54, 1.807) is 6.07 Å². The van der Waals surface area contributed by atoms with Gasteiger partial charge in [0.25, 0.3) is 0 Å². The number of benzene rings is 1. The lowest BCUT2D eigenvalue weighted by molar-refractivity contribution is -0.119. The lowest BCUT2D eigenvalue weighted by Crippen LogP contribution is -2.28. The quantitative estimate of drug-likeness (QED) is 0.584. The molecule has 3 N–H and O–H groups in total. The van der Waals surface area contributed by atoms with Crippen molar-refractivity contribution in [1.29, 1.82) is 0 Å². The lowest BCUT2D eigenvalue weighted by atomic mass is 10.00. The first-order chi connectivity index (χ1) is 11.8. The van der Waals surface area contributed by atoms with Gasteiger partial charge in [0.1, 0.15) is 5.82 Å². The molecule has 2 aromatic rings. The SMILES string of the molecule is Cc1cc(N)nc(SCC(=O)NC(C)c2ccc(CC(C)C)cc2)n1. The monoisotopic (exact) mass is 358 g/mol. The van der Waals surface area contributed by atoms with Crippen LogP contribution in [-0.2, 0) is 11.2 Å². The summed E-state index contributed by atoms with van der Waals surface area (Å²) >= 11 is 1.29. The van der Waals surface area contributed by atoms with E-state index >= 15 is 0 Å². The number of thioether (sulfide) groups is 1. The van der Waals surface area contributed by atoms with Gasteiger partial charge in [-0.15, -0.1) is 0 Å². The zero-order chi connectivity index (χ0) is 18.4. The molecule has 2 rings (SSSR count). The topological polar surface area (TPSA) is 80.9 Å². The van der Waals surface area contributed by atoms with Gasteiger partial charge < -0.3 is 11.1 Å². The molecular weight excluding hydrogens is 332 g/mol. The van der Waals surface area contributed by atoms with E-state index in [4.69, 9.17) is 5.73 Å².